The van der Waals surface area contributed by atoms with Crippen LogP contribution in [0.3, 0.4) is 0 Å². The molecule has 1 aromatic heterocycles. The van der Waals surface area contributed by atoms with E-state index in [1.165, 1.54) is 23.7 Å². The molecule has 1 fully saturated rings. The number of nitrogens with two attached hydrogens (primary N) is 1. The van der Waals surface area contributed by atoms with Crippen molar-refractivity contribution in [1.82, 2.24) is 15.3 Å². The van der Waals surface area contributed by atoms with Crippen molar-refractivity contribution >= 4 is 28.4 Å². The summed E-state index contributed by atoms with van der Waals surface area (Å²) < 4.78 is 0. The van der Waals surface area contributed by atoms with E-state index in [1.807, 2.05) is 25.1 Å². The Balaban J connectivity index is 1.74. The molecule has 0 saturated carbocycles. The highest BCUT2D eigenvalue weighted by atomic mass is 32.2. The first kappa shape index (κ1) is 17.7. The Kier molecular flexibility index (Phi) is 5.88. The van der Waals surface area contributed by atoms with Crippen LogP contribution in [0.15, 0.2) is 35.5 Å². The van der Waals surface area contributed by atoms with Gasteiger partial charge < -0.3 is 16.4 Å². The third kappa shape index (κ3) is 4.70. The van der Waals surface area contributed by atoms with Crippen molar-refractivity contribution in [3.05, 3.63) is 41.7 Å². The van der Waals surface area contributed by atoms with Gasteiger partial charge in [0.15, 0.2) is 0 Å². The van der Waals surface area contributed by atoms with Crippen LogP contribution in [0, 0.1) is 18.3 Å². The number of hydrogen-bond acceptors (Lipinski definition) is 7. The molecule has 2 aromatic rings. The summed E-state index contributed by atoms with van der Waals surface area (Å²) in [4.78, 5) is 9.42. The fourth-order valence-electron chi connectivity index (χ4n) is 2.93. The molecule has 1 saturated heterocycles. The van der Waals surface area contributed by atoms with E-state index in [1.54, 1.807) is 0 Å². The summed E-state index contributed by atoms with van der Waals surface area (Å²) in [7, 11) is 0. The molecule has 0 amide bonds. The highest BCUT2D eigenvalue weighted by Crippen LogP contribution is 2.29. The first-order chi connectivity index (χ1) is 12.1. The summed E-state index contributed by atoms with van der Waals surface area (Å²) >= 11 is 1.37. The topological polar surface area (TPSA) is 99.7 Å². The molecule has 0 spiro atoms. The van der Waals surface area contributed by atoms with Gasteiger partial charge in [-0.3, -0.25) is 5.41 Å². The van der Waals surface area contributed by atoms with Gasteiger partial charge in [-0.2, -0.15) is 0 Å². The zero-order valence-corrected chi connectivity index (χ0v) is 15.2. The van der Waals surface area contributed by atoms with Gasteiger partial charge in [0.2, 0.25) is 0 Å². The van der Waals surface area contributed by atoms with E-state index in [4.69, 9.17) is 11.1 Å². The number of benzene rings is 1. The van der Waals surface area contributed by atoms with Gasteiger partial charge in [-0.25, -0.2) is 9.97 Å². The van der Waals surface area contributed by atoms with Gasteiger partial charge in [-0.05, 0) is 50.9 Å². The first-order valence-corrected chi connectivity index (χ1v) is 9.33. The lowest BCUT2D eigenvalue weighted by atomic mass is 9.98. The number of piperidine rings is 1. The third-order valence-electron chi connectivity index (χ3n) is 4.33. The number of nitrogen functional groups attached to an aromatic ring is 1. The molecule has 132 valence electrons. The van der Waals surface area contributed by atoms with E-state index in [0.29, 0.717) is 28.2 Å². The molecule has 2 heterocycles. The van der Waals surface area contributed by atoms with Crippen LogP contribution in [0.2, 0.25) is 0 Å². The van der Waals surface area contributed by atoms with Crippen LogP contribution in [0.5, 0.6) is 0 Å². The quantitative estimate of drug-likeness (QED) is 0.373. The Morgan fingerprint density at radius 3 is 2.92 bits per heavy atom. The molecule has 0 aliphatic carbocycles. The fraction of sp³-hybridized carbons (Fsp3) is 0.389. The second-order valence-electron chi connectivity index (χ2n) is 6.30. The molecule has 6 nitrogen and oxygen atoms in total. The van der Waals surface area contributed by atoms with Crippen LogP contribution in [-0.4, -0.2) is 34.6 Å². The smallest absolute Gasteiger partial charge is 0.141 e. The van der Waals surface area contributed by atoms with E-state index >= 15 is 0 Å². The van der Waals surface area contributed by atoms with Gasteiger partial charge in [-0.15, -0.1) is 0 Å². The Bertz CT molecular complexity index is 742. The van der Waals surface area contributed by atoms with Crippen molar-refractivity contribution in [1.29, 1.82) is 5.41 Å². The van der Waals surface area contributed by atoms with E-state index in [0.717, 1.165) is 37.4 Å². The normalized spacial score (nSPS) is 15.1. The van der Waals surface area contributed by atoms with Crippen molar-refractivity contribution in [2.45, 2.75) is 24.7 Å². The molecular formula is C18H24N6S. The maximum Gasteiger partial charge on any atom is 0.141 e. The first-order valence-electron chi connectivity index (χ1n) is 8.52. The van der Waals surface area contributed by atoms with Crippen molar-refractivity contribution in [2.24, 2.45) is 5.92 Å². The molecule has 5 N–H and O–H groups in total. The molecule has 1 aromatic carbocycles. The summed E-state index contributed by atoms with van der Waals surface area (Å²) in [6, 6.07) is 8.08. The Hall–Kier alpha value is -2.12. The van der Waals surface area contributed by atoms with Crippen LogP contribution in [0.25, 0.3) is 0 Å². The molecule has 1 aliphatic heterocycles. The monoisotopic (exact) mass is 356 g/mol. The highest BCUT2D eigenvalue weighted by molar-refractivity contribution is 8.14. The number of thioether (sulfide) groups is 1. The van der Waals surface area contributed by atoms with Gasteiger partial charge in [-0.1, -0.05) is 29.5 Å². The predicted molar refractivity (Wildman–Crippen MR) is 104 cm³/mol. The zero-order valence-electron chi connectivity index (χ0n) is 14.4. The van der Waals surface area contributed by atoms with Gasteiger partial charge in [0, 0.05) is 11.4 Å². The largest absolute Gasteiger partial charge is 0.383 e. The summed E-state index contributed by atoms with van der Waals surface area (Å²) in [6.07, 6.45) is 3.75. The molecule has 7 heteroatoms. The van der Waals surface area contributed by atoms with Crippen LogP contribution in [0.4, 0.5) is 11.6 Å². The molecule has 3 rings (SSSR count). The Morgan fingerprint density at radius 2 is 2.16 bits per heavy atom. The van der Waals surface area contributed by atoms with E-state index in [-0.39, 0.29) is 0 Å². The molecule has 0 unspecified atom stereocenters. The molecule has 0 atom stereocenters. The summed E-state index contributed by atoms with van der Waals surface area (Å²) in [5.41, 5.74) is 7.81. The average molecular weight is 356 g/mol. The van der Waals surface area contributed by atoms with Crippen molar-refractivity contribution < 1.29 is 0 Å². The Labute approximate surface area is 152 Å². The second-order valence-corrected chi connectivity index (χ2v) is 7.39. The van der Waals surface area contributed by atoms with Crippen LogP contribution in [-0.2, 0) is 0 Å². The van der Waals surface area contributed by atoms with Crippen LogP contribution in [0.1, 0.15) is 24.0 Å². The third-order valence-corrected chi connectivity index (χ3v) is 5.23. The molecule has 0 radical (unpaired) electrons. The van der Waals surface area contributed by atoms with Crippen LogP contribution >= 0.6 is 11.8 Å². The molecule has 1 aliphatic rings. The maximum atomic E-state index is 8.50. The summed E-state index contributed by atoms with van der Waals surface area (Å²) in [5, 5.41) is 15.6. The minimum atomic E-state index is 0.341. The SMILES string of the molecule is Cc1cccc(SC(=N)c2c(N)ncnc2NCC2CCNCC2)c1. The standard InChI is InChI=1S/C18H24N6S/c1-12-3-2-4-14(9-12)25-17(20)15-16(19)23-11-24-18(15)22-10-13-5-7-21-8-6-13/h2-4,9,11,13,20-21H,5-8,10H2,1H3,(H3,19,22,23,24). The number of aryl methyl sites for hydroxylation is 1. The fourth-order valence-corrected chi connectivity index (χ4v) is 3.86. The molecular weight excluding hydrogens is 332 g/mol. The lowest BCUT2D eigenvalue weighted by Crippen LogP contribution is -2.31. The number of nitrogens with one attached hydrogen (secondary N) is 3. The minimum Gasteiger partial charge on any atom is -0.383 e. The lowest BCUT2D eigenvalue weighted by molar-refractivity contribution is 0.389. The van der Waals surface area contributed by atoms with Gasteiger partial charge in [0.25, 0.3) is 0 Å². The summed E-state index contributed by atoms with van der Waals surface area (Å²) in [6.45, 7) is 5.00. The van der Waals surface area contributed by atoms with Crippen molar-refractivity contribution in [3.8, 4) is 0 Å². The highest BCUT2D eigenvalue weighted by Gasteiger charge is 2.18. The molecule has 25 heavy (non-hydrogen) atoms. The number of anilines is 2. The van der Waals surface area contributed by atoms with Gasteiger partial charge in [0.05, 0.1) is 5.56 Å². The number of aromatic nitrogens is 2. The Morgan fingerprint density at radius 1 is 1.36 bits per heavy atom. The molecule has 0 bridgehead atoms. The number of rotatable bonds is 5. The minimum absolute atomic E-state index is 0.341. The van der Waals surface area contributed by atoms with Crippen molar-refractivity contribution in [2.75, 3.05) is 30.7 Å². The van der Waals surface area contributed by atoms with E-state index < -0.39 is 0 Å². The maximum absolute atomic E-state index is 8.50. The number of hydrogen-bond donors (Lipinski definition) is 4. The predicted octanol–water partition coefficient (Wildman–Crippen LogP) is 2.90. The van der Waals surface area contributed by atoms with Crippen LogP contribution < -0.4 is 16.4 Å². The van der Waals surface area contributed by atoms with E-state index in [2.05, 4.69) is 26.7 Å². The average Bonchev–Trinajstić information content (AvgIpc) is 2.61. The van der Waals surface area contributed by atoms with Gasteiger partial charge >= 0.3 is 0 Å². The van der Waals surface area contributed by atoms with Crippen molar-refractivity contribution in [3.63, 3.8) is 0 Å². The lowest BCUT2D eigenvalue weighted by Gasteiger charge is -2.23. The van der Waals surface area contributed by atoms with E-state index in [9.17, 15) is 0 Å². The van der Waals surface area contributed by atoms with Gasteiger partial charge in [0.1, 0.15) is 23.0 Å². The number of nitrogens with zero attached hydrogens (tertiary/aromatic N) is 2. The summed E-state index contributed by atoms with van der Waals surface area (Å²) in [5.74, 6) is 1.60. The second kappa shape index (κ2) is 8.31. The zero-order chi connectivity index (χ0) is 17.6.